The molecule has 1 saturated heterocycles. The van der Waals surface area contributed by atoms with Gasteiger partial charge in [-0.15, -0.1) is 0 Å². The fraction of sp³-hybridized carbons (Fsp3) is 0.846. The Bertz CT molecular complexity index is 303. The zero-order valence-corrected chi connectivity index (χ0v) is 11.4. The number of hydrogen-bond acceptors (Lipinski definition) is 3. The summed E-state index contributed by atoms with van der Waals surface area (Å²) < 4.78 is 5.17. The van der Waals surface area contributed by atoms with Crippen LogP contribution in [0.25, 0.3) is 0 Å². The van der Waals surface area contributed by atoms with Crippen molar-refractivity contribution in [1.82, 2.24) is 4.90 Å². The van der Waals surface area contributed by atoms with Gasteiger partial charge in [0.15, 0.2) is 0 Å². The zero-order valence-electron chi connectivity index (χ0n) is 11.4. The number of rotatable bonds is 4. The van der Waals surface area contributed by atoms with E-state index in [0.717, 1.165) is 12.8 Å². The Morgan fingerprint density at radius 3 is 2.61 bits per heavy atom. The molecule has 0 aromatic carbocycles. The molecule has 2 unspecified atom stereocenters. The highest BCUT2D eigenvalue weighted by molar-refractivity contribution is 5.68. The van der Waals surface area contributed by atoms with Gasteiger partial charge < -0.3 is 14.7 Å². The number of hydrogen-bond donors (Lipinski definition) is 1. The summed E-state index contributed by atoms with van der Waals surface area (Å²) in [5, 5.41) is 8.80. The van der Waals surface area contributed by atoms with E-state index in [0.29, 0.717) is 13.1 Å². The van der Waals surface area contributed by atoms with Crippen molar-refractivity contribution in [1.29, 1.82) is 0 Å². The van der Waals surface area contributed by atoms with Crippen LogP contribution >= 0.6 is 0 Å². The lowest BCUT2D eigenvalue weighted by molar-refractivity contribution is -0.138. The fourth-order valence-electron chi connectivity index (χ4n) is 2.36. The SMILES string of the molecule is CC(C)OC(=O)N1CCCC(C(C)CC(=O)O)C1. The van der Waals surface area contributed by atoms with Crippen molar-refractivity contribution in [2.45, 2.75) is 46.1 Å². The average molecular weight is 257 g/mol. The first-order valence-electron chi connectivity index (χ1n) is 6.57. The first-order chi connectivity index (χ1) is 8.40. The molecule has 104 valence electrons. The van der Waals surface area contributed by atoms with Crippen LogP contribution in [0.2, 0.25) is 0 Å². The Balaban J connectivity index is 2.50. The van der Waals surface area contributed by atoms with Crippen LogP contribution in [0.15, 0.2) is 0 Å². The summed E-state index contributed by atoms with van der Waals surface area (Å²) in [6, 6.07) is 0. The minimum absolute atomic E-state index is 0.0946. The Morgan fingerprint density at radius 1 is 1.39 bits per heavy atom. The van der Waals surface area contributed by atoms with Gasteiger partial charge in [-0.3, -0.25) is 4.79 Å². The van der Waals surface area contributed by atoms with Crippen LogP contribution in [-0.2, 0) is 9.53 Å². The maximum absolute atomic E-state index is 11.8. The van der Waals surface area contributed by atoms with E-state index in [-0.39, 0.29) is 30.5 Å². The van der Waals surface area contributed by atoms with E-state index in [1.807, 2.05) is 20.8 Å². The molecule has 5 nitrogen and oxygen atoms in total. The molecule has 18 heavy (non-hydrogen) atoms. The minimum Gasteiger partial charge on any atom is -0.481 e. The normalized spacial score (nSPS) is 21.8. The smallest absolute Gasteiger partial charge is 0.410 e. The topological polar surface area (TPSA) is 66.8 Å². The van der Waals surface area contributed by atoms with Crippen LogP contribution in [-0.4, -0.2) is 41.3 Å². The minimum atomic E-state index is -0.774. The lowest BCUT2D eigenvalue weighted by Crippen LogP contribution is -2.42. The number of carboxylic acids is 1. The molecule has 1 aliphatic rings. The average Bonchev–Trinajstić information content (AvgIpc) is 2.27. The molecule has 1 heterocycles. The lowest BCUT2D eigenvalue weighted by atomic mass is 9.85. The lowest BCUT2D eigenvalue weighted by Gasteiger charge is -2.35. The summed E-state index contributed by atoms with van der Waals surface area (Å²) in [4.78, 5) is 24.2. The number of likely N-dealkylation sites (tertiary alicyclic amines) is 1. The third-order valence-corrected chi connectivity index (χ3v) is 3.35. The predicted octanol–water partition coefficient (Wildman–Crippen LogP) is 2.35. The number of carboxylic acid groups (broad SMARTS) is 1. The Hall–Kier alpha value is -1.26. The van der Waals surface area contributed by atoms with E-state index in [1.54, 1.807) is 4.90 Å². The van der Waals surface area contributed by atoms with Gasteiger partial charge in [0, 0.05) is 19.5 Å². The zero-order chi connectivity index (χ0) is 13.7. The van der Waals surface area contributed by atoms with Gasteiger partial charge in [-0.25, -0.2) is 4.79 Å². The van der Waals surface area contributed by atoms with E-state index in [4.69, 9.17) is 9.84 Å². The van der Waals surface area contributed by atoms with Crippen LogP contribution < -0.4 is 0 Å². The number of aliphatic carboxylic acids is 1. The van der Waals surface area contributed by atoms with E-state index in [9.17, 15) is 9.59 Å². The summed E-state index contributed by atoms with van der Waals surface area (Å²) in [6.45, 7) is 6.91. The molecule has 0 spiro atoms. The summed E-state index contributed by atoms with van der Waals surface area (Å²) in [6.07, 6.45) is 1.67. The van der Waals surface area contributed by atoms with Gasteiger partial charge in [-0.2, -0.15) is 0 Å². The number of amides is 1. The molecule has 2 atom stereocenters. The quantitative estimate of drug-likeness (QED) is 0.839. The molecule has 0 saturated carbocycles. The molecule has 0 bridgehead atoms. The molecule has 1 fully saturated rings. The second-order valence-electron chi connectivity index (χ2n) is 5.36. The van der Waals surface area contributed by atoms with Crippen LogP contribution in [0, 0.1) is 11.8 Å². The van der Waals surface area contributed by atoms with Crippen molar-refractivity contribution < 1.29 is 19.4 Å². The molecule has 5 heteroatoms. The van der Waals surface area contributed by atoms with Crippen LogP contribution in [0.1, 0.15) is 40.0 Å². The van der Waals surface area contributed by atoms with E-state index in [1.165, 1.54) is 0 Å². The number of carbonyl (C=O) groups is 2. The number of nitrogens with zero attached hydrogens (tertiary/aromatic N) is 1. The first kappa shape index (κ1) is 14.8. The summed E-state index contributed by atoms with van der Waals surface area (Å²) in [7, 11) is 0. The molecule has 0 aliphatic carbocycles. The van der Waals surface area contributed by atoms with Crippen molar-refractivity contribution in [3.63, 3.8) is 0 Å². The number of ether oxygens (including phenoxy) is 1. The van der Waals surface area contributed by atoms with Gasteiger partial charge in [-0.1, -0.05) is 6.92 Å². The molecule has 1 rings (SSSR count). The van der Waals surface area contributed by atoms with Crippen molar-refractivity contribution >= 4 is 12.1 Å². The monoisotopic (exact) mass is 257 g/mol. The second kappa shape index (κ2) is 6.61. The molecular weight excluding hydrogens is 234 g/mol. The van der Waals surface area contributed by atoms with E-state index < -0.39 is 5.97 Å². The van der Waals surface area contributed by atoms with Gasteiger partial charge in [0.1, 0.15) is 0 Å². The van der Waals surface area contributed by atoms with Crippen molar-refractivity contribution in [3.05, 3.63) is 0 Å². The molecule has 0 aromatic heterocycles. The maximum Gasteiger partial charge on any atom is 0.410 e. The summed E-state index contributed by atoms with van der Waals surface area (Å²) in [5.74, 6) is -0.420. The predicted molar refractivity (Wildman–Crippen MR) is 67.3 cm³/mol. The third-order valence-electron chi connectivity index (χ3n) is 3.35. The summed E-state index contributed by atoms with van der Waals surface area (Å²) >= 11 is 0. The van der Waals surface area contributed by atoms with Gasteiger partial charge in [0.05, 0.1) is 6.10 Å². The van der Waals surface area contributed by atoms with Crippen LogP contribution in [0.5, 0.6) is 0 Å². The van der Waals surface area contributed by atoms with Gasteiger partial charge in [-0.05, 0) is 38.5 Å². The highest BCUT2D eigenvalue weighted by Crippen LogP contribution is 2.26. The number of piperidine rings is 1. The second-order valence-corrected chi connectivity index (χ2v) is 5.36. The maximum atomic E-state index is 11.8. The van der Waals surface area contributed by atoms with Gasteiger partial charge >= 0.3 is 12.1 Å². The van der Waals surface area contributed by atoms with Crippen molar-refractivity contribution in [2.24, 2.45) is 11.8 Å². The first-order valence-corrected chi connectivity index (χ1v) is 6.57. The van der Waals surface area contributed by atoms with E-state index >= 15 is 0 Å². The van der Waals surface area contributed by atoms with E-state index in [2.05, 4.69) is 0 Å². The number of carbonyl (C=O) groups excluding carboxylic acids is 1. The van der Waals surface area contributed by atoms with Gasteiger partial charge in [0.25, 0.3) is 0 Å². The highest BCUT2D eigenvalue weighted by Gasteiger charge is 2.29. The van der Waals surface area contributed by atoms with Crippen molar-refractivity contribution in [2.75, 3.05) is 13.1 Å². The largest absolute Gasteiger partial charge is 0.481 e. The molecular formula is C13H23NO4. The molecule has 1 aliphatic heterocycles. The van der Waals surface area contributed by atoms with Gasteiger partial charge in [0.2, 0.25) is 0 Å². The standard InChI is InChI=1S/C13H23NO4/c1-9(2)18-13(17)14-6-4-5-11(8-14)10(3)7-12(15)16/h9-11H,4-8H2,1-3H3,(H,15,16). The Labute approximate surface area is 108 Å². The molecule has 0 radical (unpaired) electrons. The Morgan fingerprint density at radius 2 is 2.06 bits per heavy atom. The third kappa shape index (κ3) is 4.55. The van der Waals surface area contributed by atoms with Crippen molar-refractivity contribution in [3.8, 4) is 0 Å². The Kier molecular flexibility index (Phi) is 5.44. The van der Waals surface area contributed by atoms with Crippen LogP contribution in [0.3, 0.4) is 0 Å². The molecule has 1 N–H and O–H groups in total. The summed E-state index contributed by atoms with van der Waals surface area (Å²) in [5.41, 5.74) is 0. The van der Waals surface area contributed by atoms with Crippen LogP contribution in [0.4, 0.5) is 4.79 Å². The fourth-order valence-corrected chi connectivity index (χ4v) is 2.36. The molecule has 0 aromatic rings. The highest BCUT2D eigenvalue weighted by atomic mass is 16.6. The molecule has 1 amide bonds.